The number of carboxylic acids is 1. The first-order valence-corrected chi connectivity index (χ1v) is 13.9. The highest BCUT2D eigenvalue weighted by Crippen LogP contribution is 2.25. The molecule has 1 aromatic heterocycles. The van der Waals surface area contributed by atoms with E-state index in [2.05, 4.69) is 10.3 Å². The molecular weight excluding hydrogens is 589 g/mol. The van der Waals surface area contributed by atoms with Gasteiger partial charge < -0.3 is 25.0 Å². The largest absolute Gasteiger partial charge is 0.492 e. The fraction of sp³-hybridized carbons (Fsp3) is 0.333. The average molecular weight is 621 g/mol. The number of piperidine rings is 1. The van der Waals surface area contributed by atoms with Crippen molar-refractivity contribution in [3.8, 4) is 5.75 Å². The van der Waals surface area contributed by atoms with E-state index in [1.54, 1.807) is 35.5 Å². The molecule has 0 atom stereocenters. The third-order valence-electron chi connectivity index (χ3n) is 6.31. The molecule has 1 saturated heterocycles. The minimum absolute atomic E-state index is 0.0836. The van der Waals surface area contributed by atoms with Crippen LogP contribution in [0.4, 0.5) is 24.5 Å². The summed E-state index contributed by atoms with van der Waals surface area (Å²) in [5.74, 6) is -2.39. The van der Waals surface area contributed by atoms with Gasteiger partial charge in [-0.05, 0) is 61.7 Å². The van der Waals surface area contributed by atoms with Gasteiger partial charge in [0.15, 0.2) is 0 Å². The topological polar surface area (TPSA) is 112 Å². The van der Waals surface area contributed by atoms with Crippen molar-refractivity contribution in [1.29, 1.82) is 0 Å². The van der Waals surface area contributed by atoms with E-state index in [0.29, 0.717) is 29.5 Å². The molecule has 0 aliphatic carbocycles. The molecule has 2 amide bonds. The van der Waals surface area contributed by atoms with Crippen LogP contribution in [0, 0.1) is 0 Å². The van der Waals surface area contributed by atoms with Crippen molar-refractivity contribution >= 4 is 40.8 Å². The lowest BCUT2D eigenvalue weighted by atomic mass is 10.1. The molecule has 0 bridgehead atoms. The standard InChI is InChI=1S/C28H31ClN4O3.C2HF3O2/c29-23-19-22(20-26(21-23)36-18-14-31-24-9-12-30-13-10-24)28(35)33(25-7-3-1-4-8-25)17-11-27(34)32-15-5-2-6-16-32;3-2(4,5)1(6)7/h1,3-4,7-10,12-13,19-21H,2,5-6,11,14-18H2,(H,30,31);(H,6,7). The monoisotopic (exact) mass is 620 g/mol. The number of anilines is 2. The number of rotatable bonds is 10. The summed E-state index contributed by atoms with van der Waals surface area (Å²) in [6, 6.07) is 18.2. The average Bonchev–Trinajstić information content (AvgIpc) is 3.00. The zero-order valence-corrected chi connectivity index (χ0v) is 24.0. The van der Waals surface area contributed by atoms with Crippen molar-refractivity contribution in [2.75, 3.05) is 43.0 Å². The van der Waals surface area contributed by atoms with Gasteiger partial charge in [0.2, 0.25) is 5.91 Å². The van der Waals surface area contributed by atoms with Gasteiger partial charge in [0, 0.05) is 67.0 Å². The zero-order valence-electron chi connectivity index (χ0n) is 23.2. The molecule has 2 heterocycles. The van der Waals surface area contributed by atoms with Gasteiger partial charge >= 0.3 is 12.1 Å². The van der Waals surface area contributed by atoms with E-state index in [-0.39, 0.29) is 24.8 Å². The molecule has 1 fully saturated rings. The maximum Gasteiger partial charge on any atom is 0.490 e. The van der Waals surface area contributed by atoms with Crippen LogP contribution in [-0.2, 0) is 9.59 Å². The van der Waals surface area contributed by atoms with Gasteiger partial charge in [0.05, 0.1) is 0 Å². The Labute approximate surface area is 252 Å². The smallest absolute Gasteiger partial charge is 0.490 e. The molecule has 2 N–H and O–H groups in total. The van der Waals surface area contributed by atoms with E-state index in [9.17, 15) is 22.8 Å². The van der Waals surface area contributed by atoms with E-state index >= 15 is 0 Å². The molecule has 2 aromatic carbocycles. The van der Waals surface area contributed by atoms with Gasteiger partial charge in [-0.15, -0.1) is 0 Å². The SMILES string of the molecule is O=C(CCN(C(=O)c1cc(Cl)cc(OCCNc2ccncc2)c1)c1ccccc1)N1CCCCC1.O=C(O)C(F)(F)F. The summed E-state index contributed by atoms with van der Waals surface area (Å²) in [6.45, 7) is 2.85. The number of pyridine rings is 1. The molecule has 0 radical (unpaired) electrons. The number of benzene rings is 2. The van der Waals surface area contributed by atoms with Crippen LogP contribution in [0.3, 0.4) is 0 Å². The molecule has 0 saturated carbocycles. The highest BCUT2D eigenvalue weighted by Gasteiger charge is 2.38. The molecule has 13 heteroatoms. The summed E-state index contributed by atoms with van der Waals surface area (Å²) in [6.07, 6.45) is 1.86. The van der Waals surface area contributed by atoms with Crippen molar-refractivity contribution in [1.82, 2.24) is 9.88 Å². The second-order valence-corrected chi connectivity index (χ2v) is 9.91. The van der Waals surface area contributed by atoms with Gasteiger partial charge in [-0.2, -0.15) is 13.2 Å². The molecule has 0 spiro atoms. The van der Waals surface area contributed by atoms with Crippen LogP contribution in [0.1, 0.15) is 36.0 Å². The summed E-state index contributed by atoms with van der Waals surface area (Å²) in [4.78, 5) is 42.8. The third-order valence-corrected chi connectivity index (χ3v) is 6.53. The van der Waals surface area contributed by atoms with Gasteiger partial charge in [-0.25, -0.2) is 4.79 Å². The number of carbonyl (C=O) groups excluding carboxylic acids is 2. The van der Waals surface area contributed by atoms with Crippen molar-refractivity contribution in [3.63, 3.8) is 0 Å². The van der Waals surface area contributed by atoms with Crippen LogP contribution < -0.4 is 15.0 Å². The summed E-state index contributed by atoms with van der Waals surface area (Å²) in [7, 11) is 0. The fourth-order valence-corrected chi connectivity index (χ4v) is 4.45. The minimum Gasteiger partial charge on any atom is -0.492 e. The van der Waals surface area contributed by atoms with Crippen LogP contribution in [-0.4, -0.2) is 71.7 Å². The van der Waals surface area contributed by atoms with Crippen molar-refractivity contribution < 1.29 is 37.4 Å². The number of halogens is 4. The number of hydrogen-bond acceptors (Lipinski definition) is 6. The first-order chi connectivity index (χ1) is 20.5. The summed E-state index contributed by atoms with van der Waals surface area (Å²) in [5.41, 5.74) is 2.10. The van der Waals surface area contributed by atoms with Crippen LogP contribution >= 0.6 is 11.6 Å². The highest BCUT2D eigenvalue weighted by molar-refractivity contribution is 6.31. The summed E-state index contributed by atoms with van der Waals surface area (Å²) >= 11 is 6.35. The lowest BCUT2D eigenvalue weighted by Gasteiger charge is -2.28. The number of nitrogens with one attached hydrogen (secondary N) is 1. The first kappa shape index (κ1) is 33.2. The second kappa shape index (κ2) is 16.4. The molecule has 1 aliphatic rings. The number of aromatic nitrogens is 1. The molecule has 1 aliphatic heterocycles. The number of amides is 2. The molecule has 4 rings (SSSR count). The Kier molecular flexibility index (Phi) is 12.6. The number of aliphatic carboxylic acids is 1. The summed E-state index contributed by atoms with van der Waals surface area (Å²) < 4.78 is 37.6. The minimum atomic E-state index is -5.08. The van der Waals surface area contributed by atoms with Crippen molar-refractivity contribution in [2.45, 2.75) is 31.9 Å². The number of nitrogens with zero attached hydrogens (tertiary/aromatic N) is 3. The van der Waals surface area contributed by atoms with E-state index in [4.69, 9.17) is 26.2 Å². The maximum absolute atomic E-state index is 13.6. The Bertz CT molecular complexity index is 1340. The number of carbonyl (C=O) groups is 3. The Morgan fingerprint density at radius 2 is 1.65 bits per heavy atom. The molecule has 3 aromatic rings. The first-order valence-electron chi connectivity index (χ1n) is 13.6. The van der Waals surface area contributed by atoms with Crippen molar-refractivity contribution in [2.24, 2.45) is 0 Å². The Balaban J connectivity index is 0.000000646. The number of para-hydroxylation sites is 1. The summed E-state index contributed by atoms with van der Waals surface area (Å²) in [5, 5.41) is 10.8. The van der Waals surface area contributed by atoms with Gasteiger partial charge in [0.1, 0.15) is 12.4 Å². The van der Waals surface area contributed by atoms with Gasteiger partial charge in [-0.3, -0.25) is 14.6 Å². The molecular formula is C30H32ClF3N4O5. The number of likely N-dealkylation sites (tertiary alicyclic amines) is 1. The highest BCUT2D eigenvalue weighted by atomic mass is 35.5. The zero-order chi connectivity index (χ0) is 31.2. The predicted octanol–water partition coefficient (Wildman–Crippen LogP) is 5.91. The fourth-order valence-electron chi connectivity index (χ4n) is 4.22. The maximum atomic E-state index is 13.6. The number of hydrogen-bond donors (Lipinski definition) is 2. The number of carboxylic acid groups (broad SMARTS) is 1. The van der Waals surface area contributed by atoms with E-state index in [1.165, 1.54) is 0 Å². The lowest BCUT2D eigenvalue weighted by molar-refractivity contribution is -0.192. The molecule has 0 unspecified atom stereocenters. The van der Waals surface area contributed by atoms with Crippen LogP contribution in [0.5, 0.6) is 5.75 Å². The second-order valence-electron chi connectivity index (χ2n) is 9.47. The molecule has 43 heavy (non-hydrogen) atoms. The molecule has 9 nitrogen and oxygen atoms in total. The van der Waals surface area contributed by atoms with Crippen LogP contribution in [0.15, 0.2) is 73.1 Å². The van der Waals surface area contributed by atoms with E-state index in [0.717, 1.165) is 43.7 Å². The normalized spacial score (nSPS) is 12.9. The Hall–Kier alpha value is -4.32. The lowest BCUT2D eigenvalue weighted by Crippen LogP contribution is -2.39. The predicted molar refractivity (Wildman–Crippen MR) is 157 cm³/mol. The quantitative estimate of drug-likeness (QED) is 0.271. The van der Waals surface area contributed by atoms with Crippen LogP contribution in [0.2, 0.25) is 5.02 Å². The van der Waals surface area contributed by atoms with Crippen LogP contribution in [0.25, 0.3) is 0 Å². The van der Waals surface area contributed by atoms with E-state index < -0.39 is 12.1 Å². The number of ether oxygens (including phenoxy) is 1. The van der Waals surface area contributed by atoms with Gasteiger partial charge in [-0.1, -0.05) is 29.8 Å². The van der Waals surface area contributed by atoms with Gasteiger partial charge in [0.25, 0.3) is 5.91 Å². The molecule has 230 valence electrons. The van der Waals surface area contributed by atoms with Crippen molar-refractivity contribution in [3.05, 3.63) is 83.6 Å². The third kappa shape index (κ3) is 11.1. The Morgan fingerprint density at radius 1 is 1.00 bits per heavy atom. The number of alkyl halides is 3. The Morgan fingerprint density at radius 3 is 2.28 bits per heavy atom. The van der Waals surface area contributed by atoms with E-state index in [1.807, 2.05) is 47.4 Å².